The standard InChI is InChI=1S/C21H28N2/c1-18-9-11-20(12-10-18)21-8-4-3-6-19(21)7-5-13-23-16-14-22(2)15-17-23/h3-4,6,8-12H,5,7,13-17H2,1-2H3. The van der Waals surface area contributed by atoms with E-state index >= 15 is 0 Å². The molecule has 0 saturated carbocycles. The lowest BCUT2D eigenvalue weighted by molar-refractivity contribution is 0.153. The van der Waals surface area contributed by atoms with Crippen LogP contribution in [0.25, 0.3) is 11.1 Å². The van der Waals surface area contributed by atoms with Crippen LogP contribution in [0.2, 0.25) is 0 Å². The van der Waals surface area contributed by atoms with Crippen LogP contribution >= 0.6 is 0 Å². The molecule has 0 bridgehead atoms. The molecule has 2 heteroatoms. The maximum Gasteiger partial charge on any atom is 0.0110 e. The van der Waals surface area contributed by atoms with Crippen LogP contribution in [0, 0.1) is 6.92 Å². The topological polar surface area (TPSA) is 6.48 Å². The van der Waals surface area contributed by atoms with E-state index in [4.69, 9.17) is 0 Å². The molecule has 23 heavy (non-hydrogen) atoms. The molecule has 0 unspecified atom stereocenters. The molecule has 1 aliphatic rings. The first-order chi connectivity index (χ1) is 11.2. The highest BCUT2D eigenvalue weighted by molar-refractivity contribution is 5.67. The average molecular weight is 308 g/mol. The number of piperazine rings is 1. The van der Waals surface area contributed by atoms with Gasteiger partial charge in [0.1, 0.15) is 0 Å². The fraction of sp³-hybridized carbons (Fsp3) is 0.429. The molecule has 0 radical (unpaired) electrons. The quantitative estimate of drug-likeness (QED) is 0.828. The molecule has 0 amide bonds. The van der Waals surface area contributed by atoms with Gasteiger partial charge in [0.15, 0.2) is 0 Å². The number of nitrogens with zero attached hydrogens (tertiary/aromatic N) is 2. The minimum absolute atomic E-state index is 1.16. The number of benzene rings is 2. The molecule has 1 heterocycles. The van der Waals surface area contributed by atoms with E-state index in [2.05, 4.69) is 72.3 Å². The highest BCUT2D eigenvalue weighted by Crippen LogP contribution is 2.25. The Kier molecular flexibility index (Phi) is 5.47. The van der Waals surface area contributed by atoms with Gasteiger partial charge in [-0.2, -0.15) is 0 Å². The van der Waals surface area contributed by atoms with Crippen LogP contribution in [0.5, 0.6) is 0 Å². The molecule has 2 nitrogen and oxygen atoms in total. The Morgan fingerprint density at radius 2 is 1.57 bits per heavy atom. The summed E-state index contributed by atoms with van der Waals surface area (Å²) in [6.45, 7) is 8.22. The summed E-state index contributed by atoms with van der Waals surface area (Å²) >= 11 is 0. The molecule has 0 spiro atoms. The first-order valence-corrected chi connectivity index (χ1v) is 8.78. The molecule has 3 rings (SSSR count). The molecule has 2 aromatic carbocycles. The predicted octanol–water partition coefficient (Wildman–Crippen LogP) is 3.84. The average Bonchev–Trinajstić information content (AvgIpc) is 2.58. The second-order valence-corrected chi connectivity index (χ2v) is 6.77. The number of likely N-dealkylation sites (N-methyl/N-ethyl adjacent to an activating group) is 1. The van der Waals surface area contributed by atoms with Gasteiger partial charge >= 0.3 is 0 Å². The van der Waals surface area contributed by atoms with E-state index in [1.807, 2.05) is 0 Å². The van der Waals surface area contributed by atoms with Gasteiger partial charge in [-0.25, -0.2) is 0 Å². The van der Waals surface area contributed by atoms with Crippen LogP contribution in [0.15, 0.2) is 48.5 Å². The van der Waals surface area contributed by atoms with Crippen molar-refractivity contribution in [2.75, 3.05) is 39.8 Å². The third-order valence-corrected chi connectivity index (χ3v) is 4.90. The summed E-state index contributed by atoms with van der Waals surface area (Å²) in [6.07, 6.45) is 2.41. The summed E-state index contributed by atoms with van der Waals surface area (Å²) < 4.78 is 0. The van der Waals surface area contributed by atoms with Gasteiger partial charge in [-0.05, 0) is 50.0 Å². The maximum atomic E-state index is 2.61. The lowest BCUT2D eigenvalue weighted by atomic mass is 9.96. The predicted molar refractivity (Wildman–Crippen MR) is 98.9 cm³/mol. The third-order valence-electron chi connectivity index (χ3n) is 4.90. The summed E-state index contributed by atoms with van der Waals surface area (Å²) in [4.78, 5) is 5.03. The van der Waals surface area contributed by atoms with Crippen LogP contribution in [0.4, 0.5) is 0 Å². The van der Waals surface area contributed by atoms with Gasteiger partial charge < -0.3 is 9.80 Å². The van der Waals surface area contributed by atoms with Crippen molar-refractivity contribution in [1.82, 2.24) is 9.80 Å². The first kappa shape index (κ1) is 16.2. The number of aryl methyl sites for hydroxylation is 2. The zero-order valence-corrected chi connectivity index (χ0v) is 14.5. The molecular formula is C21H28N2. The van der Waals surface area contributed by atoms with Crippen molar-refractivity contribution in [3.05, 3.63) is 59.7 Å². The van der Waals surface area contributed by atoms with Gasteiger partial charge in [0.25, 0.3) is 0 Å². The van der Waals surface area contributed by atoms with E-state index in [9.17, 15) is 0 Å². The summed E-state index contributed by atoms with van der Waals surface area (Å²) in [5, 5.41) is 0. The van der Waals surface area contributed by atoms with Crippen LogP contribution in [0.3, 0.4) is 0 Å². The minimum Gasteiger partial charge on any atom is -0.304 e. The van der Waals surface area contributed by atoms with E-state index in [-0.39, 0.29) is 0 Å². The second kappa shape index (κ2) is 7.76. The second-order valence-electron chi connectivity index (χ2n) is 6.77. The Morgan fingerprint density at radius 1 is 0.870 bits per heavy atom. The highest BCUT2D eigenvalue weighted by atomic mass is 15.2. The van der Waals surface area contributed by atoms with E-state index in [1.54, 1.807) is 0 Å². The maximum absolute atomic E-state index is 2.61. The highest BCUT2D eigenvalue weighted by Gasteiger charge is 2.13. The van der Waals surface area contributed by atoms with Crippen molar-refractivity contribution in [2.45, 2.75) is 19.8 Å². The van der Waals surface area contributed by atoms with Crippen molar-refractivity contribution in [3.63, 3.8) is 0 Å². The van der Waals surface area contributed by atoms with Crippen molar-refractivity contribution >= 4 is 0 Å². The lowest BCUT2D eigenvalue weighted by Crippen LogP contribution is -2.44. The minimum atomic E-state index is 1.16. The first-order valence-electron chi connectivity index (χ1n) is 8.78. The molecular weight excluding hydrogens is 280 g/mol. The number of rotatable bonds is 5. The van der Waals surface area contributed by atoms with Crippen LogP contribution in [-0.4, -0.2) is 49.6 Å². The summed E-state index contributed by atoms with van der Waals surface area (Å²) in [5.74, 6) is 0. The monoisotopic (exact) mass is 308 g/mol. The Labute approximate surface area is 140 Å². The SMILES string of the molecule is Cc1ccc(-c2ccccc2CCCN2CCN(C)CC2)cc1. The largest absolute Gasteiger partial charge is 0.304 e. The van der Waals surface area contributed by atoms with E-state index in [0.29, 0.717) is 0 Å². The summed E-state index contributed by atoms with van der Waals surface area (Å²) in [5.41, 5.74) is 5.53. The molecule has 0 aromatic heterocycles. The van der Waals surface area contributed by atoms with Gasteiger partial charge in [-0.15, -0.1) is 0 Å². The number of hydrogen-bond donors (Lipinski definition) is 0. The van der Waals surface area contributed by atoms with Crippen molar-refractivity contribution in [2.24, 2.45) is 0 Å². The summed E-state index contributed by atoms with van der Waals surface area (Å²) in [6, 6.07) is 17.8. The Bertz CT molecular complexity index is 610. The van der Waals surface area contributed by atoms with Crippen LogP contribution < -0.4 is 0 Å². The molecule has 1 aliphatic heterocycles. The fourth-order valence-electron chi connectivity index (χ4n) is 3.32. The van der Waals surface area contributed by atoms with E-state index in [0.717, 1.165) is 6.42 Å². The molecule has 1 fully saturated rings. The fourth-order valence-corrected chi connectivity index (χ4v) is 3.32. The van der Waals surface area contributed by atoms with Crippen molar-refractivity contribution in [1.29, 1.82) is 0 Å². The van der Waals surface area contributed by atoms with E-state index < -0.39 is 0 Å². The van der Waals surface area contributed by atoms with Crippen molar-refractivity contribution in [3.8, 4) is 11.1 Å². The van der Waals surface area contributed by atoms with Gasteiger partial charge in [0.2, 0.25) is 0 Å². The molecule has 0 aliphatic carbocycles. The zero-order valence-electron chi connectivity index (χ0n) is 14.5. The molecule has 0 N–H and O–H groups in total. The van der Waals surface area contributed by atoms with Crippen LogP contribution in [0.1, 0.15) is 17.5 Å². The van der Waals surface area contributed by atoms with Gasteiger partial charge in [0.05, 0.1) is 0 Å². The Balaban J connectivity index is 1.61. The molecule has 2 aromatic rings. The van der Waals surface area contributed by atoms with Crippen LogP contribution in [-0.2, 0) is 6.42 Å². The molecule has 1 saturated heterocycles. The Morgan fingerprint density at radius 3 is 2.30 bits per heavy atom. The molecule has 122 valence electrons. The Hall–Kier alpha value is -1.64. The third kappa shape index (κ3) is 4.43. The van der Waals surface area contributed by atoms with Gasteiger partial charge in [-0.3, -0.25) is 0 Å². The number of hydrogen-bond acceptors (Lipinski definition) is 2. The zero-order chi connectivity index (χ0) is 16.1. The smallest absolute Gasteiger partial charge is 0.0110 e. The van der Waals surface area contributed by atoms with Crippen molar-refractivity contribution < 1.29 is 0 Å². The lowest BCUT2D eigenvalue weighted by Gasteiger charge is -2.32. The van der Waals surface area contributed by atoms with E-state index in [1.165, 1.54) is 61.4 Å². The van der Waals surface area contributed by atoms with Gasteiger partial charge in [0, 0.05) is 26.2 Å². The molecule has 0 atom stereocenters. The summed E-state index contributed by atoms with van der Waals surface area (Å²) in [7, 11) is 2.22. The van der Waals surface area contributed by atoms with Gasteiger partial charge in [-0.1, -0.05) is 54.1 Å². The normalized spacial score (nSPS) is 16.6.